The van der Waals surface area contributed by atoms with Crippen molar-refractivity contribution in [1.29, 1.82) is 5.26 Å². The van der Waals surface area contributed by atoms with Crippen molar-refractivity contribution in [2.45, 2.75) is 11.3 Å². The highest BCUT2D eigenvalue weighted by atomic mass is 35.7. The Balaban J connectivity index is 3.64. The van der Waals surface area contributed by atoms with Crippen LogP contribution in [0.3, 0.4) is 0 Å². The van der Waals surface area contributed by atoms with Gasteiger partial charge in [-0.2, -0.15) is 5.26 Å². The Morgan fingerprint density at radius 2 is 2.06 bits per heavy atom. The van der Waals surface area contributed by atoms with Crippen molar-refractivity contribution < 1.29 is 26.3 Å². The van der Waals surface area contributed by atoms with Gasteiger partial charge in [-0.05, 0) is 0 Å². The summed E-state index contributed by atoms with van der Waals surface area (Å²) in [6.07, 6.45) is -4.57. The molecule has 11 heteroatoms. The highest BCUT2D eigenvalue weighted by Crippen LogP contribution is 2.36. The van der Waals surface area contributed by atoms with Crippen molar-refractivity contribution in [3.63, 3.8) is 0 Å². The predicted molar refractivity (Wildman–Crippen MR) is 53.1 cm³/mol. The zero-order valence-corrected chi connectivity index (χ0v) is 9.77. The first kappa shape index (κ1) is 14.3. The molecule has 0 aliphatic heterocycles. The van der Waals surface area contributed by atoms with Crippen LogP contribution >= 0.6 is 10.7 Å². The molecule has 6 nitrogen and oxygen atoms in total. The molecule has 1 heterocycles. The number of anilines is 1. The molecule has 0 radical (unpaired) electrons. The molecule has 0 saturated heterocycles. The largest absolute Gasteiger partial charge is 0.573 e. The van der Waals surface area contributed by atoms with Crippen molar-refractivity contribution in [3.05, 3.63) is 11.8 Å². The third-order valence-electron chi connectivity index (χ3n) is 1.60. The fourth-order valence-corrected chi connectivity index (χ4v) is 2.15. The second kappa shape index (κ2) is 4.51. The summed E-state index contributed by atoms with van der Waals surface area (Å²) < 4.78 is 62.1. The van der Waals surface area contributed by atoms with E-state index in [-0.39, 0.29) is 0 Å². The van der Waals surface area contributed by atoms with Gasteiger partial charge in [-0.25, -0.2) is 13.4 Å². The maximum Gasteiger partial charge on any atom is 0.573 e. The predicted octanol–water partition coefficient (Wildman–Crippen LogP) is 1.36. The van der Waals surface area contributed by atoms with Crippen LogP contribution in [0.2, 0.25) is 0 Å². The minimum Gasteiger partial charge on any atom is -0.403 e. The number of nitrogens with two attached hydrogens (primary N) is 1. The summed E-state index contributed by atoms with van der Waals surface area (Å²) >= 11 is 0. The van der Waals surface area contributed by atoms with Crippen LogP contribution < -0.4 is 10.5 Å². The van der Waals surface area contributed by atoms with E-state index in [9.17, 15) is 21.6 Å². The fourth-order valence-electron chi connectivity index (χ4n) is 1.02. The molecule has 98 valence electrons. The molecule has 0 bridgehead atoms. The number of nitrogen functional groups attached to an aromatic ring is 1. The fraction of sp³-hybridized carbons (Fsp3) is 0.143. The topological polar surface area (TPSA) is 106 Å². The minimum absolute atomic E-state index is 0.641. The first-order valence-corrected chi connectivity index (χ1v) is 6.26. The van der Waals surface area contributed by atoms with Gasteiger partial charge in [0.1, 0.15) is 17.5 Å². The molecule has 0 spiro atoms. The highest BCUT2D eigenvalue weighted by Gasteiger charge is 2.36. The van der Waals surface area contributed by atoms with Gasteiger partial charge in [0, 0.05) is 10.7 Å². The number of pyridine rings is 1. The number of hydrogen-bond acceptors (Lipinski definition) is 6. The smallest absolute Gasteiger partial charge is 0.403 e. The number of nitrogens with zero attached hydrogens (tertiary/aromatic N) is 2. The molecule has 1 aromatic heterocycles. The van der Waals surface area contributed by atoms with Crippen LogP contribution in [0.25, 0.3) is 0 Å². The molecule has 0 aliphatic rings. The summed E-state index contributed by atoms with van der Waals surface area (Å²) in [5, 5.41) is 8.58. The Labute approximate surface area is 103 Å². The van der Waals surface area contributed by atoms with Crippen molar-refractivity contribution >= 4 is 25.6 Å². The minimum atomic E-state index is -5.21. The van der Waals surface area contributed by atoms with E-state index in [0.29, 0.717) is 6.20 Å². The zero-order chi connectivity index (χ0) is 14.1. The zero-order valence-electron chi connectivity index (χ0n) is 8.19. The van der Waals surface area contributed by atoms with Gasteiger partial charge < -0.3 is 10.5 Å². The Morgan fingerprint density at radius 3 is 2.44 bits per heavy atom. The van der Waals surface area contributed by atoms with Gasteiger partial charge >= 0.3 is 6.36 Å². The van der Waals surface area contributed by atoms with Crippen LogP contribution in [0.1, 0.15) is 5.56 Å². The van der Waals surface area contributed by atoms with Crippen LogP contribution in [0.4, 0.5) is 19.0 Å². The summed E-state index contributed by atoms with van der Waals surface area (Å²) in [6, 6.07) is 1.29. The molecule has 0 fully saturated rings. The van der Waals surface area contributed by atoms with Crippen molar-refractivity contribution in [2.24, 2.45) is 0 Å². The lowest BCUT2D eigenvalue weighted by atomic mass is 10.3. The second-order valence-electron chi connectivity index (χ2n) is 2.81. The third kappa shape index (κ3) is 3.14. The van der Waals surface area contributed by atoms with Gasteiger partial charge in [0.15, 0.2) is 10.6 Å². The molecule has 0 aliphatic carbocycles. The van der Waals surface area contributed by atoms with E-state index in [1.165, 1.54) is 6.07 Å². The Kier molecular flexibility index (Phi) is 3.59. The number of nitriles is 1. The highest BCUT2D eigenvalue weighted by molar-refractivity contribution is 8.14. The van der Waals surface area contributed by atoms with Gasteiger partial charge in [-0.3, -0.25) is 0 Å². The number of alkyl halides is 3. The van der Waals surface area contributed by atoms with Crippen LogP contribution in [0.15, 0.2) is 11.1 Å². The van der Waals surface area contributed by atoms with E-state index < -0.39 is 37.4 Å². The van der Waals surface area contributed by atoms with Gasteiger partial charge in [0.05, 0.1) is 6.20 Å². The lowest BCUT2D eigenvalue weighted by Crippen LogP contribution is -2.20. The molecule has 0 unspecified atom stereocenters. The summed E-state index contributed by atoms with van der Waals surface area (Å²) in [6.45, 7) is 0. The van der Waals surface area contributed by atoms with Crippen LogP contribution in [0, 0.1) is 11.3 Å². The molecular formula is C7H3ClF3N3O3S. The number of hydrogen-bond donors (Lipinski definition) is 1. The molecular weight excluding hydrogens is 299 g/mol. The maximum atomic E-state index is 12.1. The molecule has 0 aromatic carbocycles. The van der Waals surface area contributed by atoms with Crippen LogP contribution in [-0.2, 0) is 9.05 Å². The molecule has 2 N–H and O–H groups in total. The standard InChI is InChI=1S/C7H3ClF3N3O3S/c8-18(15,16)5-4(17-7(9,10)11)3(1-12)2-14-6(5)13/h2H,(H2,13,14). The second-order valence-corrected chi connectivity index (χ2v) is 5.32. The molecule has 0 atom stereocenters. The van der Waals surface area contributed by atoms with E-state index in [4.69, 9.17) is 21.7 Å². The first-order chi connectivity index (χ1) is 8.06. The number of aromatic nitrogens is 1. The maximum absolute atomic E-state index is 12.1. The molecule has 0 saturated carbocycles. The lowest BCUT2D eigenvalue weighted by Gasteiger charge is -2.13. The normalized spacial score (nSPS) is 11.9. The van der Waals surface area contributed by atoms with Gasteiger partial charge in [-0.15, -0.1) is 13.2 Å². The SMILES string of the molecule is N#Cc1cnc(N)c(S(=O)(=O)Cl)c1OC(F)(F)F. The quantitative estimate of drug-likeness (QED) is 0.827. The van der Waals surface area contributed by atoms with Crippen molar-refractivity contribution in [1.82, 2.24) is 4.98 Å². The van der Waals surface area contributed by atoms with E-state index in [1.807, 2.05) is 0 Å². The van der Waals surface area contributed by atoms with E-state index >= 15 is 0 Å². The van der Waals surface area contributed by atoms with Crippen molar-refractivity contribution in [3.8, 4) is 11.8 Å². The molecule has 1 aromatic rings. The van der Waals surface area contributed by atoms with E-state index in [1.54, 1.807) is 0 Å². The number of ether oxygens (including phenoxy) is 1. The summed E-state index contributed by atoms with van der Waals surface area (Å²) in [7, 11) is 0.262. The summed E-state index contributed by atoms with van der Waals surface area (Å²) in [5.41, 5.74) is 4.36. The van der Waals surface area contributed by atoms with Gasteiger partial charge in [0.25, 0.3) is 9.05 Å². The van der Waals surface area contributed by atoms with Crippen LogP contribution in [-0.4, -0.2) is 19.8 Å². The lowest BCUT2D eigenvalue weighted by molar-refractivity contribution is -0.275. The van der Waals surface area contributed by atoms with Gasteiger partial charge in [-0.1, -0.05) is 0 Å². The summed E-state index contributed by atoms with van der Waals surface area (Å²) in [5.74, 6) is -2.10. The molecule has 18 heavy (non-hydrogen) atoms. The monoisotopic (exact) mass is 301 g/mol. The number of halogens is 4. The third-order valence-corrected chi connectivity index (χ3v) is 2.94. The summed E-state index contributed by atoms with van der Waals surface area (Å²) in [4.78, 5) is 2.06. The first-order valence-electron chi connectivity index (χ1n) is 3.95. The van der Waals surface area contributed by atoms with E-state index in [2.05, 4.69) is 9.72 Å². The Morgan fingerprint density at radius 1 is 1.50 bits per heavy atom. The average Bonchev–Trinajstić information content (AvgIpc) is 2.13. The average molecular weight is 302 g/mol. The molecule has 1 rings (SSSR count). The van der Waals surface area contributed by atoms with Crippen molar-refractivity contribution in [2.75, 3.05) is 5.73 Å². The number of rotatable bonds is 2. The Bertz CT molecular complexity index is 623. The Hall–Kier alpha value is -1.73. The molecule has 0 amide bonds. The van der Waals surface area contributed by atoms with Crippen LogP contribution in [0.5, 0.6) is 5.75 Å². The van der Waals surface area contributed by atoms with Gasteiger partial charge in [0.2, 0.25) is 0 Å². The van der Waals surface area contributed by atoms with E-state index in [0.717, 1.165) is 0 Å².